The highest BCUT2D eigenvalue weighted by molar-refractivity contribution is 7.18. The Bertz CT molecular complexity index is 1090. The molecule has 0 radical (unpaired) electrons. The van der Waals surface area contributed by atoms with Crippen LogP contribution in [0.5, 0.6) is 0 Å². The molecule has 6 nitrogen and oxygen atoms in total. The van der Waals surface area contributed by atoms with Gasteiger partial charge in [0.25, 0.3) is 5.91 Å². The molecule has 0 saturated carbocycles. The summed E-state index contributed by atoms with van der Waals surface area (Å²) in [7, 11) is 0. The average Bonchev–Trinajstić information content (AvgIpc) is 3.17. The van der Waals surface area contributed by atoms with Crippen molar-refractivity contribution in [1.82, 2.24) is 5.32 Å². The fourth-order valence-electron chi connectivity index (χ4n) is 2.89. The monoisotopic (exact) mass is 436 g/mol. The van der Waals surface area contributed by atoms with Crippen LogP contribution in [0.25, 0.3) is 10.4 Å². The summed E-state index contributed by atoms with van der Waals surface area (Å²) in [6, 6.07) is 16.7. The normalized spacial score (nSPS) is 10.4. The van der Waals surface area contributed by atoms with E-state index < -0.39 is 5.97 Å². The van der Waals surface area contributed by atoms with Gasteiger partial charge in [-0.1, -0.05) is 42.0 Å². The van der Waals surface area contributed by atoms with Crippen LogP contribution in [0.4, 0.5) is 5.69 Å². The molecular formula is C24H24N2O4S. The quantitative estimate of drug-likeness (QED) is 0.522. The molecule has 7 heteroatoms. The maximum atomic E-state index is 12.8. The smallest absolute Gasteiger partial charge is 0.350 e. The Labute approximate surface area is 185 Å². The number of carbonyl (C=O) groups excluding carboxylic acids is 3. The molecule has 2 aromatic carbocycles. The second kappa shape index (κ2) is 10.0. The van der Waals surface area contributed by atoms with E-state index in [2.05, 4.69) is 10.6 Å². The minimum absolute atomic E-state index is 0.116. The molecular weight excluding hydrogens is 412 g/mol. The number of ether oxygens (including phenoxy) is 1. The molecule has 0 unspecified atom stereocenters. The lowest BCUT2D eigenvalue weighted by atomic mass is 10.1. The summed E-state index contributed by atoms with van der Waals surface area (Å²) in [6.45, 7) is 5.85. The van der Waals surface area contributed by atoms with Crippen molar-refractivity contribution in [3.63, 3.8) is 0 Å². The van der Waals surface area contributed by atoms with Crippen LogP contribution in [0.15, 0.2) is 54.6 Å². The first kappa shape index (κ1) is 22.2. The van der Waals surface area contributed by atoms with E-state index in [9.17, 15) is 14.4 Å². The van der Waals surface area contributed by atoms with Gasteiger partial charge in [-0.15, -0.1) is 11.3 Å². The van der Waals surface area contributed by atoms with E-state index in [0.29, 0.717) is 22.7 Å². The Hall–Kier alpha value is -3.45. The molecule has 160 valence electrons. The van der Waals surface area contributed by atoms with Crippen molar-refractivity contribution >= 4 is 34.8 Å². The third-order valence-corrected chi connectivity index (χ3v) is 5.70. The number of esters is 1. The van der Waals surface area contributed by atoms with E-state index in [1.165, 1.54) is 18.3 Å². The SMILES string of the molecule is CCOC(=O)c1sc(-c2ccc(C)cc2)cc1NC(=O)c1ccc(CNC(C)=O)cc1. The Morgan fingerprint density at radius 3 is 2.29 bits per heavy atom. The van der Waals surface area contributed by atoms with Crippen molar-refractivity contribution in [2.75, 3.05) is 11.9 Å². The van der Waals surface area contributed by atoms with Crippen LogP contribution in [-0.4, -0.2) is 24.4 Å². The van der Waals surface area contributed by atoms with E-state index in [1.807, 2.05) is 31.2 Å². The lowest BCUT2D eigenvalue weighted by molar-refractivity contribution is -0.119. The van der Waals surface area contributed by atoms with Crippen molar-refractivity contribution < 1.29 is 19.1 Å². The molecule has 2 N–H and O–H groups in total. The number of aryl methyl sites for hydroxylation is 1. The summed E-state index contributed by atoms with van der Waals surface area (Å²) >= 11 is 1.29. The van der Waals surface area contributed by atoms with Crippen molar-refractivity contribution in [3.8, 4) is 10.4 Å². The molecule has 0 spiro atoms. The lowest BCUT2D eigenvalue weighted by Gasteiger charge is -2.07. The molecule has 3 aromatic rings. The highest BCUT2D eigenvalue weighted by Crippen LogP contribution is 2.35. The van der Waals surface area contributed by atoms with Gasteiger partial charge < -0.3 is 15.4 Å². The highest BCUT2D eigenvalue weighted by Gasteiger charge is 2.20. The highest BCUT2D eigenvalue weighted by atomic mass is 32.1. The first-order chi connectivity index (χ1) is 14.9. The number of anilines is 1. The minimum atomic E-state index is -0.466. The van der Waals surface area contributed by atoms with Gasteiger partial charge in [-0.3, -0.25) is 9.59 Å². The summed E-state index contributed by atoms with van der Waals surface area (Å²) in [5, 5.41) is 5.55. The van der Waals surface area contributed by atoms with Gasteiger partial charge in [0.05, 0.1) is 12.3 Å². The Kier molecular flexibility index (Phi) is 7.20. The summed E-state index contributed by atoms with van der Waals surface area (Å²) in [5.74, 6) is -0.910. The molecule has 0 bridgehead atoms. The van der Waals surface area contributed by atoms with Crippen LogP contribution in [0.3, 0.4) is 0 Å². The lowest BCUT2D eigenvalue weighted by Crippen LogP contribution is -2.19. The predicted octanol–water partition coefficient (Wildman–Crippen LogP) is 4.79. The van der Waals surface area contributed by atoms with Crippen molar-refractivity contribution in [2.45, 2.75) is 27.3 Å². The molecule has 3 rings (SSSR count). The maximum Gasteiger partial charge on any atom is 0.350 e. The van der Waals surface area contributed by atoms with Crippen molar-refractivity contribution in [2.24, 2.45) is 0 Å². The zero-order chi connectivity index (χ0) is 22.4. The third-order valence-electron chi connectivity index (χ3n) is 4.53. The topological polar surface area (TPSA) is 84.5 Å². The maximum absolute atomic E-state index is 12.8. The van der Waals surface area contributed by atoms with Gasteiger partial charge in [-0.25, -0.2) is 4.79 Å². The number of hydrogen-bond acceptors (Lipinski definition) is 5. The average molecular weight is 437 g/mol. The first-order valence-electron chi connectivity index (χ1n) is 9.90. The number of nitrogens with one attached hydrogen (secondary N) is 2. The molecule has 0 aliphatic carbocycles. The van der Waals surface area contributed by atoms with Crippen LogP contribution in [0, 0.1) is 6.92 Å². The molecule has 1 heterocycles. The van der Waals surface area contributed by atoms with Crippen LogP contribution in [0.2, 0.25) is 0 Å². The fourth-order valence-corrected chi connectivity index (χ4v) is 3.90. The van der Waals surface area contributed by atoms with Gasteiger partial charge in [0.15, 0.2) is 0 Å². The summed E-state index contributed by atoms with van der Waals surface area (Å²) in [4.78, 5) is 37.5. The molecule has 0 fully saturated rings. The van der Waals surface area contributed by atoms with Crippen molar-refractivity contribution in [3.05, 3.63) is 76.2 Å². The number of thiophene rings is 1. The fraction of sp³-hybridized carbons (Fsp3) is 0.208. The minimum Gasteiger partial charge on any atom is -0.462 e. The Morgan fingerprint density at radius 2 is 1.68 bits per heavy atom. The van der Waals surface area contributed by atoms with Gasteiger partial charge >= 0.3 is 5.97 Å². The van der Waals surface area contributed by atoms with Gasteiger partial charge in [0, 0.05) is 23.9 Å². The van der Waals surface area contributed by atoms with Gasteiger partial charge in [-0.05, 0) is 43.2 Å². The van der Waals surface area contributed by atoms with E-state index in [1.54, 1.807) is 37.3 Å². The molecule has 31 heavy (non-hydrogen) atoms. The zero-order valence-electron chi connectivity index (χ0n) is 17.7. The van der Waals surface area contributed by atoms with Gasteiger partial charge in [-0.2, -0.15) is 0 Å². The second-order valence-electron chi connectivity index (χ2n) is 7.00. The van der Waals surface area contributed by atoms with Crippen LogP contribution < -0.4 is 10.6 Å². The van der Waals surface area contributed by atoms with E-state index in [-0.39, 0.29) is 18.4 Å². The molecule has 2 amide bonds. The number of amides is 2. The zero-order valence-corrected chi connectivity index (χ0v) is 18.5. The largest absolute Gasteiger partial charge is 0.462 e. The number of carbonyl (C=O) groups is 3. The first-order valence-corrected chi connectivity index (χ1v) is 10.7. The van der Waals surface area contributed by atoms with Gasteiger partial charge in [0.1, 0.15) is 4.88 Å². The second-order valence-corrected chi connectivity index (χ2v) is 8.05. The molecule has 0 aliphatic heterocycles. The predicted molar refractivity (Wildman–Crippen MR) is 122 cm³/mol. The molecule has 0 saturated heterocycles. The number of rotatable bonds is 7. The summed E-state index contributed by atoms with van der Waals surface area (Å²) in [6.07, 6.45) is 0. The van der Waals surface area contributed by atoms with E-state index >= 15 is 0 Å². The molecule has 0 atom stereocenters. The van der Waals surface area contributed by atoms with Gasteiger partial charge in [0.2, 0.25) is 5.91 Å². The molecule has 1 aromatic heterocycles. The van der Waals surface area contributed by atoms with Crippen LogP contribution in [0.1, 0.15) is 45.0 Å². The van der Waals surface area contributed by atoms with Crippen LogP contribution in [-0.2, 0) is 16.1 Å². The Balaban J connectivity index is 1.83. The number of benzene rings is 2. The standard InChI is InChI=1S/C24H24N2O4S/c1-4-30-24(29)22-20(13-21(31-22)18-9-5-15(2)6-10-18)26-23(28)19-11-7-17(8-12-19)14-25-16(3)27/h5-13H,4,14H2,1-3H3,(H,25,27)(H,26,28). The van der Waals surface area contributed by atoms with E-state index in [0.717, 1.165) is 21.6 Å². The molecule has 0 aliphatic rings. The Morgan fingerprint density at radius 1 is 1.00 bits per heavy atom. The van der Waals surface area contributed by atoms with Crippen LogP contribution >= 0.6 is 11.3 Å². The number of hydrogen-bond donors (Lipinski definition) is 2. The van der Waals surface area contributed by atoms with Crippen molar-refractivity contribution in [1.29, 1.82) is 0 Å². The van der Waals surface area contributed by atoms with E-state index in [4.69, 9.17) is 4.74 Å². The third kappa shape index (κ3) is 5.79. The summed E-state index contributed by atoms with van der Waals surface area (Å²) in [5.41, 5.74) is 3.86. The summed E-state index contributed by atoms with van der Waals surface area (Å²) < 4.78 is 5.17.